The molecule has 0 spiro atoms. The summed E-state index contributed by atoms with van der Waals surface area (Å²) < 4.78 is 27.2. The van der Waals surface area contributed by atoms with Gasteiger partial charge in [0.15, 0.2) is 0 Å². The molecule has 0 amide bonds. The zero-order valence-electron chi connectivity index (χ0n) is 9.91. The lowest BCUT2D eigenvalue weighted by atomic mass is 9.99. The molecule has 1 unspecified atom stereocenters. The summed E-state index contributed by atoms with van der Waals surface area (Å²) in [6, 6.07) is 4.89. The van der Waals surface area contributed by atoms with Gasteiger partial charge in [-0.15, -0.1) is 0 Å². The van der Waals surface area contributed by atoms with Gasteiger partial charge in [0.25, 0.3) is 0 Å². The molecule has 0 aliphatic carbocycles. The monoisotopic (exact) mass is 283 g/mol. The Morgan fingerprint density at radius 2 is 1.95 bits per heavy atom. The van der Waals surface area contributed by atoms with E-state index in [1.54, 1.807) is 12.3 Å². The lowest BCUT2D eigenvalue weighted by Gasteiger charge is -2.18. The predicted octanol–water partition coefficient (Wildman–Crippen LogP) is 2.76. The van der Waals surface area contributed by atoms with Crippen molar-refractivity contribution in [1.82, 2.24) is 10.4 Å². The Balaban J connectivity index is 2.32. The summed E-state index contributed by atoms with van der Waals surface area (Å²) in [5.41, 5.74) is 3.13. The number of pyridine rings is 1. The maximum Gasteiger partial charge on any atom is 0.129 e. The third-order valence-corrected chi connectivity index (χ3v) is 3.17. The zero-order valence-corrected chi connectivity index (χ0v) is 10.7. The van der Waals surface area contributed by atoms with Crippen LogP contribution in [0, 0.1) is 11.6 Å². The summed E-state index contributed by atoms with van der Waals surface area (Å²) in [5.74, 6) is 4.24. The maximum atomic E-state index is 13.6. The molecule has 0 aliphatic rings. The molecule has 0 saturated heterocycles. The second kappa shape index (κ2) is 6.06. The van der Waals surface area contributed by atoms with Gasteiger partial charge >= 0.3 is 0 Å². The van der Waals surface area contributed by atoms with E-state index in [1.165, 1.54) is 24.4 Å². The Morgan fingerprint density at radius 1 is 1.26 bits per heavy atom. The van der Waals surface area contributed by atoms with Gasteiger partial charge in [-0.2, -0.15) is 0 Å². The van der Waals surface area contributed by atoms with Crippen LogP contribution in [0.1, 0.15) is 17.2 Å². The molecule has 6 heteroatoms. The fourth-order valence-electron chi connectivity index (χ4n) is 1.86. The lowest BCUT2D eigenvalue weighted by Crippen LogP contribution is -2.30. The molecule has 1 atom stereocenters. The van der Waals surface area contributed by atoms with Crippen molar-refractivity contribution in [3.05, 3.63) is 64.4 Å². The van der Waals surface area contributed by atoms with Gasteiger partial charge in [-0.05, 0) is 30.2 Å². The van der Waals surface area contributed by atoms with Crippen molar-refractivity contribution in [2.75, 3.05) is 0 Å². The molecule has 1 aromatic carbocycles. The van der Waals surface area contributed by atoms with Crippen LogP contribution < -0.4 is 11.3 Å². The van der Waals surface area contributed by atoms with E-state index < -0.39 is 17.7 Å². The molecule has 3 nitrogen and oxygen atoms in total. The Labute approximate surface area is 114 Å². The average Bonchev–Trinajstić information content (AvgIpc) is 2.40. The number of hydrazine groups is 1. The number of nitrogens with zero attached hydrogens (tertiary/aromatic N) is 1. The number of nitrogens with two attached hydrogens (primary N) is 1. The average molecular weight is 284 g/mol. The first-order valence-corrected chi connectivity index (χ1v) is 5.99. The zero-order chi connectivity index (χ0) is 13.8. The molecule has 3 N–H and O–H groups in total. The van der Waals surface area contributed by atoms with Gasteiger partial charge < -0.3 is 0 Å². The largest absolute Gasteiger partial charge is 0.271 e. The van der Waals surface area contributed by atoms with E-state index in [0.29, 0.717) is 10.6 Å². The molecule has 2 rings (SSSR count). The first kappa shape index (κ1) is 13.9. The van der Waals surface area contributed by atoms with E-state index in [9.17, 15) is 8.78 Å². The highest BCUT2D eigenvalue weighted by Gasteiger charge is 2.18. The van der Waals surface area contributed by atoms with Gasteiger partial charge in [0.2, 0.25) is 0 Å². The van der Waals surface area contributed by atoms with Crippen molar-refractivity contribution in [1.29, 1.82) is 0 Å². The second-order valence-corrected chi connectivity index (χ2v) is 4.43. The molecule has 0 aliphatic heterocycles. The molecule has 1 heterocycles. The van der Waals surface area contributed by atoms with Crippen LogP contribution in [0.5, 0.6) is 0 Å². The Bertz CT molecular complexity index is 557. The SMILES string of the molecule is NNC(Cc1c(F)cccc1F)c1ccncc1Cl. The Morgan fingerprint density at radius 3 is 2.53 bits per heavy atom. The van der Waals surface area contributed by atoms with Gasteiger partial charge in [0, 0.05) is 18.0 Å². The minimum atomic E-state index is -0.606. The number of halogens is 3. The molecular formula is C13H12ClF2N3. The fourth-order valence-corrected chi connectivity index (χ4v) is 2.11. The van der Waals surface area contributed by atoms with Crippen LogP contribution in [0.15, 0.2) is 36.7 Å². The number of aromatic nitrogens is 1. The molecular weight excluding hydrogens is 272 g/mol. The van der Waals surface area contributed by atoms with E-state index in [2.05, 4.69) is 10.4 Å². The Hall–Kier alpha value is -1.56. The van der Waals surface area contributed by atoms with Crippen LogP contribution in [0.25, 0.3) is 0 Å². The quantitative estimate of drug-likeness (QED) is 0.670. The van der Waals surface area contributed by atoms with Gasteiger partial charge in [0.1, 0.15) is 11.6 Å². The summed E-state index contributed by atoms with van der Waals surface area (Å²) in [7, 11) is 0. The van der Waals surface area contributed by atoms with Crippen molar-refractivity contribution in [2.24, 2.45) is 5.84 Å². The molecule has 100 valence electrons. The van der Waals surface area contributed by atoms with E-state index in [-0.39, 0.29) is 12.0 Å². The summed E-state index contributed by atoms with van der Waals surface area (Å²) in [4.78, 5) is 3.86. The molecule has 0 radical (unpaired) electrons. The van der Waals surface area contributed by atoms with E-state index in [4.69, 9.17) is 17.4 Å². The van der Waals surface area contributed by atoms with Crippen molar-refractivity contribution in [3.63, 3.8) is 0 Å². The van der Waals surface area contributed by atoms with Gasteiger partial charge in [-0.3, -0.25) is 16.3 Å². The first-order chi connectivity index (χ1) is 9.13. The van der Waals surface area contributed by atoms with Crippen molar-refractivity contribution < 1.29 is 8.78 Å². The standard InChI is InChI=1S/C13H12ClF2N3/c14-10-7-18-5-4-8(10)13(19-17)6-9-11(15)2-1-3-12(9)16/h1-5,7,13,19H,6,17H2. The van der Waals surface area contributed by atoms with Crippen LogP contribution in [0.3, 0.4) is 0 Å². The maximum absolute atomic E-state index is 13.6. The molecule has 19 heavy (non-hydrogen) atoms. The molecule has 0 bridgehead atoms. The highest BCUT2D eigenvalue weighted by atomic mass is 35.5. The number of hydrogen-bond acceptors (Lipinski definition) is 3. The summed E-state index contributed by atoms with van der Waals surface area (Å²) in [6.07, 6.45) is 3.06. The molecule has 1 aromatic heterocycles. The first-order valence-electron chi connectivity index (χ1n) is 5.62. The number of nitrogens with one attached hydrogen (secondary N) is 1. The fraction of sp³-hybridized carbons (Fsp3) is 0.154. The smallest absolute Gasteiger partial charge is 0.129 e. The minimum absolute atomic E-state index is 0.0293. The van der Waals surface area contributed by atoms with Gasteiger partial charge in [-0.1, -0.05) is 17.7 Å². The van der Waals surface area contributed by atoms with Crippen LogP contribution in [-0.4, -0.2) is 4.98 Å². The number of rotatable bonds is 4. The van der Waals surface area contributed by atoms with E-state index >= 15 is 0 Å². The van der Waals surface area contributed by atoms with Crippen molar-refractivity contribution >= 4 is 11.6 Å². The highest BCUT2D eigenvalue weighted by Crippen LogP contribution is 2.26. The second-order valence-electron chi connectivity index (χ2n) is 4.02. The van der Waals surface area contributed by atoms with Crippen LogP contribution >= 0.6 is 11.6 Å². The van der Waals surface area contributed by atoms with Crippen LogP contribution in [0.4, 0.5) is 8.78 Å². The van der Waals surface area contributed by atoms with Crippen molar-refractivity contribution in [3.8, 4) is 0 Å². The normalized spacial score (nSPS) is 12.4. The summed E-state index contributed by atoms with van der Waals surface area (Å²) >= 11 is 6.00. The molecule has 0 saturated carbocycles. The van der Waals surface area contributed by atoms with Gasteiger partial charge in [0.05, 0.1) is 11.1 Å². The van der Waals surface area contributed by atoms with E-state index in [0.717, 1.165) is 0 Å². The topological polar surface area (TPSA) is 50.9 Å². The van der Waals surface area contributed by atoms with Crippen molar-refractivity contribution in [2.45, 2.75) is 12.5 Å². The Kier molecular flexibility index (Phi) is 4.42. The van der Waals surface area contributed by atoms with Gasteiger partial charge in [-0.25, -0.2) is 8.78 Å². The lowest BCUT2D eigenvalue weighted by molar-refractivity contribution is 0.500. The summed E-state index contributed by atoms with van der Waals surface area (Å²) in [5, 5.41) is 0.391. The minimum Gasteiger partial charge on any atom is -0.271 e. The highest BCUT2D eigenvalue weighted by molar-refractivity contribution is 6.31. The third kappa shape index (κ3) is 3.07. The number of hydrogen-bond donors (Lipinski definition) is 2. The van der Waals surface area contributed by atoms with Crippen LogP contribution in [0.2, 0.25) is 5.02 Å². The van der Waals surface area contributed by atoms with E-state index in [1.807, 2.05) is 0 Å². The molecule has 0 fully saturated rings. The third-order valence-electron chi connectivity index (χ3n) is 2.85. The number of benzene rings is 1. The predicted molar refractivity (Wildman–Crippen MR) is 69.4 cm³/mol. The summed E-state index contributed by atoms with van der Waals surface area (Å²) in [6.45, 7) is 0. The van der Waals surface area contributed by atoms with Crippen LogP contribution in [-0.2, 0) is 6.42 Å². The molecule has 2 aromatic rings.